The minimum atomic E-state index is 0.621. The highest BCUT2D eigenvalue weighted by molar-refractivity contribution is 7.17. The molecule has 0 spiro atoms. The summed E-state index contributed by atoms with van der Waals surface area (Å²) < 4.78 is 4.79. The summed E-state index contributed by atoms with van der Waals surface area (Å²) in [5, 5.41) is 3.68. The van der Waals surface area contributed by atoms with E-state index >= 15 is 0 Å². The molecule has 3 heterocycles. The minimum Gasteiger partial charge on any atom is -0.310 e. The molecule has 8 aromatic carbocycles. The Bertz CT molecular complexity index is 3500. The van der Waals surface area contributed by atoms with E-state index in [9.17, 15) is 0 Å². The van der Waals surface area contributed by atoms with Gasteiger partial charge in [-0.15, -0.1) is 11.3 Å². The quantitative estimate of drug-likeness (QED) is 0.153. The lowest BCUT2D eigenvalue weighted by atomic mass is 9.93. The number of benzene rings is 8. The Balaban J connectivity index is 1.11. The lowest BCUT2D eigenvalue weighted by Gasteiger charge is -2.15. The Labute approximate surface area is 370 Å². The molecule has 0 atom stereocenters. The molecular weight excluding hydrogens is 785 g/mol. The number of rotatable bonds is 8. The van der Waals surface area contributed by atoms with Gasteiger partial charge in [0, 0.05) is 48.1 Å². The van der Waals surface area contributed by atoms with Crippen molar-refractivity contribution in [3.63, 3.8) is 0 Å². The number of hydrogen-bond donors (Lipinski definition) is 0. The molecule has 4 nitrogen and oxygen atoms in total. The molecule has 11 aromatic rings. The molecule has 3 aromatic heterocycles. The molecule has 298 valence electrons. The summed E-state index contributed by atoms with van der Waals surface area (Å²) in [5.74, 6) is 1.88. The highest BCUT2D eigenvalue weighted by Gasteiger charge is 2.18. The van der Waals surface area contributed by atoms with Crippen LogP contribution in [0.15, 0.2) is 212 Å². The van der Waals surface area contributed by atoms with Crippen molar-refractivity contribution in [3.8, 4) is 73.2 Å². The molecule has 0 aliphatic heterocycles. The summed E-state index contributed by atoms with van der Waals surface area (Å²) in [6.45, 7) is 2.14. The number of thiophene rings is 1. The molecule has 0 saturated carbocycles. The first-order chi connectivity index (χ1) is 31.2. The highest BCUT2D eigenvalue weighted by Crippen LogP contribution is 2.38. The molecule has 0 fully saturated rings. The van der Waals surface area contributed by atoms with Crippen LogP contribution in [0.25, 0.3) is 106 Å². The van der Waals surface area contributed by atoms with Crippen LogP contribution in [-0.4, -0.2) is 19.5 Å². The predicted molar refractivity (Wildman–Crippen MR) is 264 cm³/mol. The molecule has 0 aliphatic carbocycles. The van der Waals surface area contributed by atoms with Crippen LogP contribution < -0.4 is 9.75 Å². The first-order valence-corrected chi connectivity index (χ1v) is 22.0. The van der Waals surface area contributed by atoms with Crippen LogP contribution in [0.3, 0.4) is 0 Å². The third-order valence-electron chi connectivity index (χ3n) is 11.7. The van der Waals surface area contributed by atoms with E-state index in [0.29, 0.717) is 17.5 Å². The molecule has 0 unspecified atom stereocenters. The standard InChI is InChI=1S/C58H40N4S/c1-2-49-51-33-31-45(37-54(51)63-55(49)38-48-35-46-24-15-16-29-53(46)62(48)47-27-13-6-14-28-47)50-32-30-44(43-26-17-25-42(34-43)39-18-7-3-8-19-39)36-52(50)58-60-56(40-20-9-4-10-21-40)59-57(61-58)41-22-11-5-12-23-41/h2-38H,1H3/b49-2-,55-38+. The number of aromatic nitrogens is 4. The normalized spacial score (nSPS) is 12.1. The van der Waals surface area contributed by atoms with Gasteiger partial charge in [0.15, 0.2) is 17.5 Å². The number of fused-ring (bicyclic) bond motifs is 2. The number of para-hydroxylation sites is 2. The van der Waals surface area contributed by atoms with Crippen LogP contribution >= 0.6 is 11.3 Å². The van der Waals surface area contributed by atoms with E-state index in [4.69, 9.17) is 15.0 Å². The lowest BCUT2D eigenvalue weighted by molar-refractivity contribution is 1.07. The van der Waals surface area contributed by atoms with E-state index in [0.717, 1.165) is 50.3 Å². The Kier molecular flexibility index (Phi) is 9.92. The minimum absolute atomic E-state index is 0.621. The van der Waals surface area contributed by atoms with Gasteiger partial charge in [-0.05, 0) is 94.1 Å². The van der Waals surface area contributed by atoms with Crippen LogP contribution in [0.2, 0.25) is 0 Å². The fourth-order valence-electron chi connectivity index (χ4n) is 8.59. The predicted octanol–water partition coefficient (Wildman–Crippen LogP) is 13.7. The van der Waals surface area contributed by atoms with Gasteiger partial charge in [0.2, 0.25) is 0 Å². The molecule has 0 N–H and O–H groups in total. The maximum absolute atomic E-state index is 5.25. The Morgan fingerprint density at radius 3 is 1.67 bits per heavy atom. The zero-order valence-electron chi connectivity index (χ0n) is 34.6. The fraction of sp³-hybridized carbons (Fsp3) is 0.0172. The van der Waals surface area contributed by atoms with Crippen LogP contribution in [0.1, 0.15) is 12.6 Å². The maximum Gasteiger partial charge on any atom is 0.164 e. The topological polar surface area (TPSA) is 43.6 Å². The third-order valence-corrected chi connectivity index (χ3v) is 12.8. The zero-order valence-corrected chi connectivity index (χ0v) is 35.4. The average molecular weight is 825 g/mol. The van der Waals surface area contributed by atoms with Crippen molar-refractivity contribution in [3.05, 3.63) is 228 Å². The number of hydrogen-bond acceptors (Lipinski definition) is 4. The smallest absolute Gasteiger partial charge is 0.164 e. The molecule has 0 amide bonds. The zero-order chi connectivity index (χ0) is 42.1. The van der Waals surface area contributed by atoms with Crippen molar-refractivity contribution in [2.75, 3.05) is 0 Å². The van der Waals surface area contributed by atoms with E-state index in [1.165, 1.54) is 41.9 Å². The Hall–Kier alpha value is -7.99. The van der Waals surface area contributed by atoms with Crippen molar-refractivity contribution >= 4 is 44.5 Å². The van der Waals surface area contributed by atoms with E-state index in [-0.39, 0.29) is 0 Å². The average Bonchev–Trinajstić information content (AvgIpc) is 3.91. The molecule has 0 radical (unpaired) electrons. The van der Waals surface area contributed by atoms with E-state index in [1.807, 2.05) is 47.7 Å². The summed E-state index contributed by atoms with van der Waals surface area (Å²) in [5.41, 5.74) is 13.0. The van der Waals surface area contributed by atoms with Gasteiger partial charge in [-0.2, -0.15) is 0 Å². The summed E-state index contributed by atoms with van der Waals surface area (Å²) >= 11 is 1.83. The molecule has 63 heavy (non-hydrogen) atoms. The number of nitrogens with zero attached hydrogens (tertiary/aromatic N) is 4. The monoisotopic (exact) mass is 824 g/mol. The van der Waals surface area contributed by atoms with Crippen molar-refractivity contribution in [2.24, 2.45) is 0 Å². The molecule has 0 aliphatic rings. The van der Waals surface area contributed by atoms with Crippen molar-refractivity contribution in [2.45, 2.75) is 6.92 Å². The van der Waals surface area contributed by atoms with Gasteiger partial charge in [0.1, 0.15) is 0 Å². The van der Waals surface area contributed by atoms with Gasteiger partial charge in [0.25, 0.3) is 0 Å². The van der Waals surface area contributed by atoms with Crippen molar-refractivity contribution < 1.29 is 0 Å². The second-order valence-corrected chi connectivity index (χ2v) is 16.7. The van der Waals surface area contributed by atoms with Gasteiger partial charge in [0.05, 0.1) is 5.52 Å². The second-order valence-electron chi connectivity index (χ2n) is 15.6. The molecule has 0 bridgehead atoms. The first kappa shape index (κ1) is 38.0. The Morgan fingerprint density at radius 1 is 0.429 bits per heavy atom. The van der Waals surface area contributed by atoms with Crippen LogP contribution in [-0.2, 0) is 0 Å². The van der Waals surface area contributed by atoms with Crippen LogP contribution in [0.4, 0.5) is 0 Å². The highest BCUT2D eigenvalue weighted by atomic mass is 32.1. The molecule has 0 saturated heterocycles. The van der Waals surface area contributed by atoms with E-state index in [1.54, 1.807) is 0 Å². The van der Waals surface area contributed by atoms with Crippen LogP contribution in [0.5, 0.6) is 0 Å². The van der Waals surface area contributed by atoms with Gasteiger partial charge in [-0.1, -0.05) is 176 Å². The maximum atomic E-state index is 5.25. The second kappa shape index (κ2) is 16.5. The summed E-state index contributed by atoms with van der Waals surface area (Å²) in [7, 11) is 0. The van der Waals surface area contributed by atoms with Crippen molar-refractivity contribution in [1.29, 1.82) is 0 Å². The Morgan fingerprint density at radius 2 is 0.984 bits per heavy atom. The molecular formula is C58H40N4S. The summed E-state index contributed by atoms with van der Waals surface area (Å²) in [6, 6.07) is 74.8. The van der Waals surface area contributed by atoms with Gasteiger partial charge < -0.3 is 4.57 Å². The third kappa shape index (κ3) is 7.35. The molecule has 5 heteroatoms. The van der Waals surface area contributed by atoms with Gasteiger partial charge in [-0.3, -0.25) is 0 Å². The van der Waals surface area contributed by atoms with E-state index in [2.05, 4.69) is 200 Å². The summed E-state index contributed by atoms with van der Waals surface area (Å²) in [4.78, 5) is 15.5. The molecule has 11 rings (SSSR count). The SMILES string of the molecule is C/C=c1\c(=C/c2cc3ccccc3n2-c2ccccc2)sc2cc(-c3ccc(-c4cccc(-c5ccccc5)c4)cc3-c3nc(-c4ccccc4)nc(-c4ccccc4)n3)ccc12. The van der Waals surface area contributed by atoms with Gasteiger partial charge >= 0.3 is 0 Å². The van der Waals surface area contributed by atoms with Gasteiger partial charge in [-0.25, -0.2) is 15.0 Å². The van der Waals surface area contributed by atoms with Crippen LogP contribution in [0, 0.1) is 0 Å². The van der Waals surface area contributed by atoms with E-state index < -0.39 is 0 Å². The largest absolute Gasteiger partial charge is 0.310 e. The lowest BCUT2D eigenvalue weighted by Crippen LogP contribution is -2.18. The summed E-state index contributed by atoms with van der Waals surface area (Å²) in [6.07, 6.45) is 4.59. The van der Waals surface area contributed by atoms with Crippen molar-refractivity contribution in [1.82, 2.24) is 19.5 Å². The first-order valence-electron chi connectivity index (χ1n) is 21.2. The fourth-order valence-corrected chi connectivity index (χ4v) is 9.82.